The maximum atomic E-state index is 12.4. The minimum atomic E-state index is -0.195. The predicted octanol–water partition coefficient (Wildman–Crippen LogP) is 0.869. The van der Waals surface area contributed by atoms with E-state index in [2.05, 4.69) is 15.3 Å². The summed E-state index contributed by atoms with van der Waals surface area (Å²) in [6.07, 6.45) is 4.90. The number of hydrogen-bond acceptors (Lipinski definition) is 5. The number of fused-ring (bicyclic) bond motifs is 2. The molecule has 18 heavy (non-hydrogen) atoms. The van der Waals surface area contributed by atoms with Crippen molar-refractivity contribution in [3.63, 3.8) is 0 Å². The topological polar surface area (TPSA) is 67.3 Å². The molecule has 96 valence electrons. The molecule has 0 radical (unpaired) electrons. The Kier molecular flexibility index (Phi) is 2.87. The van der Waals surface area contributed by atoms with E-state index in [1.165, 1.54) is 0 Å². The first-order valence-electron chi connectivity index (χ1n) is 6.31. The standard InChI is InChI=1S/C12H16N4O2/c1-2-18-11-8-4-3-7-16(8)12(17)9-10(15-11)14-6-5-13-9/h5-6,8,11H,2-4,7H2,1H3,(H,14,15)/t8-,11+/m0/s1. The highest BCUT2D eigenvalue weighted by Crippen LogP contribution is 2.29. The van der Waals surface area contributed by atoms with E-state index in [4.69, 9.17) is 4.74 Å². The van der Waals surface area contributed by atoms with Crippen LogP contribution < -0.4 is 5.32 Å². The number of ether oxygens (including phenoxy) is 1. The molecule has 6 heteroatoms. The number of aromatic nitrogens is 2. The molecule has 6 nitrogen and oxygen atoms in total. The van der Waals surface area contributed by atoms with Gasteiger partial charge < -0.3 is 15.0 Å². The fourth-order valence-electron chi connectivity index (χ4n) is 2.66. The van der Waals surface area contributed by atoms with Crippen molar-refractivity contribution < 1.29 is 9.53 Å². The summed E-state index contributed by atoms with van der Waals surface area (Å²) in [5.74, 6) is 0.477. The molecule has 0 spiro atoms. The van der Waals surface area contributed by atoms with Gasteiger partial charge in [-0.25, -0.2) is 9.97 Å². The lowest BCUT2D eigenvalue weighted by Gasteiger charge is -2.28. The monoisotopic (exact) mass is 248 g/mol. The smallest absolute Gasteiger partial charge is 0.276 e. The van der Waals surface area contributed by atoms with E-state index in [9.17, 15) is 4.79 Å². The quantitative estimate of drug-likeness (QED) is 0.841. The molecule has 1 N–H and O–H groups in total. The van der Waals surface area contributed by atoms with Crippen molar-refractivity contribution in [3.05, 3.63) is 18.1 Å². The Morgan fingerprint density at radius 1 is 1.50 bits per heavy atom. The Bertz CT molecular complexity index is 465. The Balaban J connectivity index is 2.01. The molecule has 2 aliphatic heterocycles. The van der Waals surface area contributed by atoms with Crippen molar-refractivity contribution in [1.29, 1.82) is 0 Å². The van der Waals surface area contributed by atoms with E-state index in [-0.39, 0.29) is 18.2 Å². The third-order valence-electron chi connectivity index (χ3n) is 3.44. The summed E-state index contributed by atoms with van der Waals surface area (Å²) in [5, 5.41) is 3.20. The fraction of sp³-hybridized carbons (Fsp3) is 0.583. The second-order valence-corrected chi connectivity index (χ2v) is 4.48. The van der Waals surface area contributed by atoms with Gasteiger partial charge in [0.1, 0.15) is 6.23 Å². The van der Waals surface area contributed by atoms with Crippen LogP contribution in [-0.4, -0.2) is 46.2 Å². The SMILES string of the molecule is CCO[C@H]1Nc2nccnc2C(=O)N2CCC[C@@H]12. The molecule has 1 aromatic heterocycles. The molecule has 1 amide bonds. The van der Waals surface area contributed by atoms with Crippen molar-refractivity contribution in [2.45, 2.75) is 32.0 Å². The molecule has 2 aliphatic rings. The van der Waals surface area contributed by atoms with Gasteiger partial charge in [0.05, 0.1) is 6.04 Å². The molecule has 3 heterocycles. The van der Waals surface area contributed by atoms with Crippen molar-refractivity contribution in [1.82, 2.24) is 14.9 Å². The average molecular weight is 248 g/mol. The van der Waals surface area contributed by atoms with E-state index in [1.807, 2.05) is 11.8 Å². The van der Waals surface area contributed by atoms with Crippen LogP contribution in [0.5, 0.6) is 0 Å². The van der Waals surface area contributed by atoms with E-state index >= 15 is 0 Å². The van der Waals surface area contributed by atoms with Gasteiger partial charge in [0, 0.05) is 25.5 Å². The maximum Gasteiger partial charge on any atom is 0.276 e. The summed E-state index contributed by atoms with van der Waals surface area (Å²) in [4.78, 5) is 22.6. The number of carbonyl (C=O) groups excluding carboxylic acids is 1. The molecule has 0 aliphatic carbocycles. The summed E-state index contributed by atoms with van der Waals surface area (Å²) in [6.45, 7) is 3.32. The van der Waals surface area contributed by atoms with Crippen molar-refractivity contribution in [2.75, 3.05) is 18.5 Å². The maximum absolute atomic E-state index is 12.4. The largest absolute Gasteiger partial charge is 0.357 e. The van der Waals surface area contributed by atoms with Crippen LogP contribution in [0.25, 0.3) is 0 Å². The summed E-state index contributed by atoms with van der Waals surface area (Å²) >= 11 is 0. The van der Waals surface area contributed by atoms with Crippen molar-refractivity contribution in [3.8, 4) is 0 Å². The Morgan fingerprint density at radius 2 is 2.33 bits per heavy atom. The van der Waals surface area contributed by atoms with Gasteiger partial charge in [0.2, 0.25) is 0 Å². The molecule has 2 atom stereocenters. The van der Waals surface area contributed by atoms with E-state index in [1.54, 1.807) is 12.4 Å². The summed E-state index contributed by atoms with van der Waals surface area (Å²) < 4.78 is 5.71. The third-order valence-corrected chi connectivity index (χ3v) is 3.44. The number of hydrogen-bond donors (Lipinski definition) is 1. The van der Waals surface area contributed by atoms with Crippen LogP contribution >= 0.6 is 0 Å². The zero-order valence-electron chi connectivity index (χ0n) is 10.3. The van der Waals surface area contributed by atoms with Crippen LogP contribution in [0, 0.1) is 0 Å². The minimum absolute atomic E-state index is 0.0460. The number of nitrogens with one attached hydrogen (secondary N) is 1. The number of rotatable bonds is 2. The third kappa shape index (κ3) is 1.73. The highest BCUT2D eigenvalue weighted by molar-refractivity contribution is 5.97. The Morgan fingerprint density at radius 3 is 3.17 bits per heavy atom. The first kappa shape index (κ1) is 11.4. The number of carbonyl (C=O) groups is 1. The first-order valence-corrected chi connectivity index (χ1v) is 6.31. The van der Waals surface area contributed by atoms with Crippen LogP contribution in [0.2, 0.25) is 0 Å². The van der Waals surface area contributed by atoms with Gasteiger partial charge in [-0.15, -0.1) is 0 Å². The summed E-state index contributed by atoms with van der Waals surface area (Å²) in [7, 11) is 0. The zero-order chi connectivity index (χ0) is 12.5. The van der Waals surface area contributed by atoms with Crippen molar-refractivity contribution >= 4 is 11.7 Å². The second-order valence-electron chi connectivity index (χ2n) is 4.48. The van der Waals surface area contributed by atoms with E-state index < -0.39 is 0 Å². The molecule has 0 unspecified atom stereocenters. The van der Waals surface area contributed by atoms with Crippen molar-refractivity contribution in [2.24, 2.45) is 0 Å². The fourth-order valence-corrected chi connectivity index (χ4v) is 2.66. The van der Waals surface area contributed by atoms with E-state index in [0.717, 1.165) is 19.4 Å². The van der Waals surface area contributed by atoms with Gasteiger partial charge in [-0.2, -0.15) is 0 Å². The molecular weight excluding hydrogens is 232 g/mol. The number of amides is 1. The molecule has 1 aromatic rings. The molecule has 0 saturated carbocycles. The zero-order valence-corrected chi connectivity index (χ0v) is 10.3. The lowest BCUT2D eigenvalue weighted by molar-refractivity contribution is 0.0230. The van der Waals surface area contributed by atoms with Crippen LogP contribution in [0.3, 0.4) is 0 Å². The lowest BCUT2D eigenvalue weighted by atomic mass is 10.2. The minimum Gasteiger partial charge on any atom is -0.357 e. The first-order chi connectivity index (χ1) is 8.81. The number of anilines is 1. The Labute approximate surface area is 105 Å². The van der Waals surface area contributed by atoms with Gasteiger partial charge in [0.15, 0.2) is 11.5 Å². The predicted molar refractivity (Wildman–Crippen MR) is 65.1 cm³/mol. The Hall–Kier alpha value is -1.69. The van der Waals surface area contributed by atoms with E-state index in [0.29, 0.717) is 18.1 Å². The highest BCUT2D eigenvalue weighted by atomic mass is 16.5. The highest BCUT2D eigenvalue weighted by Gasteiger charge is 2.40. The van der Waals surface area contributed by atoms with Gasteiger partial charge in [-0.3, -0.25) is 4.79 Å². The molecule has 0 aromatic carbocycles. The van der Waals surface area contributed by atoms with Crippen LogP contribution in [0.4, 0.5) is 5.82 Å². The average Bonchev–Trinajstić information content (AvgIpc) is 2.83. The number of nitrogens with zero attached hydrogens (tertiary/aromatic N) is 3. The molecule has 0 bridgehead atoms. The van der Waals surface area contributed by atoms with Crippen LogP contribution in [0.1, 0.15) is 30.3 Å². The second kappa shape index (κ2) is 4.53. The van der Waals surface area contributed by atoms with Gasteiger partial charge in [0.25, 0.3) is 5.91 Å². The summed E-state index contributed by atoms with van der Waals surface area (Å²) in [5.41, 5.74) is 0.395. The van der Waals surface area contributed by atoms with Gasteiger partial charge in [-0.1, -0.05) is 0 Å². The molecule has 3 rings (SSSR count). The van der Waals surface area contributed by atoms with Crippen LogP contribution in [0.15, 0.2) is 12.4 Å². The molecule has 1 fully saturated rings. The van der Waals surface area contributed by atoms with Gasteiger partial charge in [-0.05, 0) is 19.8 Å². The normalized spacial score (nSPS) is 26.3. The molecular formula is C12H16N4O2. The summed E-state index contributed by atoms with van der Waals surface area (Å²) in [6, 6.07) is 0.0773. The molecule has 1 saturated heterocycles. The lowest BCUT2D eigenvalue weighted by Crippen LogP contribution is -2.44. The van der Waals surface area contributed by atoms with Crippen LogP contribution in [-0.2, 0) is 4.74 Å². The van der Waals surface area contributed by atoms with Gasteiger partial charge >= 0.3 is 0 Å².